The van der Waals surface area contributed by atoms with E-state index in [0.717, 1.165) is 15.9 Å². The van der Waals surface area contributed by atoms with E-state index >= 15 is 0 Å². The Labute approximate surface area is 156 Å². The number of benzene rings is 2. The van der Waals surface area contributed by atoms with Crippen molar-refractivity contribution in [1.29, 1.82) is 0 Å². The number of aromatic nitrogens is 1. The molecule has 26 heavy (non-hydrogen) atoms. The number of nitrogens with zero attached hydrogens (tertiary/aromatic N) is 2. The summed E-state index contributed by atoms with van der Waals surface area (Å²) < 4.78 is 0. The average Bonchev–Trinajstić information content (AvgIpc) is 2.66. The predicted octanol–water partition coefficient (Wildman–Crippen LogP) is 3.67. The van der Waals surface area contributed by atoms with Crippen LogP contribution in [0.3, 0.4) is 0 Å². The molecular weight excluding hydrogens is 346 g/mol. The van der Waals surface area contributed by atoms with Crippen LogP contribution in [0.5, 0.6) is 0 Å². The van der Waals surface area contributed by atoms with Crippen molar-refractivity contribution in [2.45, 2.75) is 5.03 Å². The summed E-state index contributed by atoms with van der Waals surface area (Å²) in [6.07, 6.45) is 0. The lowest BCUT2D eigenvalue weighted by molar-refractivity contribution is -0.113. The van der Waals surface area contributed by atoms with E-state index in [1.807, 2.05) is 36.4 Å². The van der Waals surface area contributed by atoms with Crippen LogP contribution in [0, 0.1) is 0 Å². The molecule has 2 amide bonds. The molecule has 0 radical (unpaired) electrons. The van der Waals surface area contributed by atoms with Crippen molar-refractivity contribution in [3.05, 3.63) is 66.2 Å². The summed E-state index contributed by atoms with van der Waals surface area (Å²) in [7, 11) is 3.41. The SMILES string of the molecule is CN(C)C(=O)c1ccc(NC(=O)CSc2ccc3ccccc3n2)cc1. The first-order valence-electron chi connectivity index (χ1n) is 8.13. The molecule has 1 N–H and O–H groups in total. The lowest BCUT2D eigenvalue weighted by Gasteiger charge is -2.11. The summed E-state index contributed by atoms with van der Waals surface area (Å²) in [4.78, 5) is 30.1. The molecule has 132 valence electrons. The van der Waals surface area contributed by atoms with Gasteiger partial charge in [-0.05, 0) is 36.4 Å². The van der Waals surface area contributed by atoms with Gasteiger partial charge in [-0.3, -0.25) is 9.59 Å². The fourth-order valence-electron chi connectivity index (χ4n) is 2.42. The second-order valence-corrected chi connectivity index (χ2v) is 6.95. The maximum absolute atomic E-state index is 12.1. The first kappa shape index (κ1) is 17.9. The van der Waals surface area contributed by atoms with Crippen LogP contribution in [0.2, 0.25) is 0 Å². The van der Waals surface area contributed by atoms with Gasteiger partial charge in [-0.15, -0.1) is 0 Å². The monoisotopic (exact) mass is 365 g/mol. The number of pyridine rings is 1. The third-order valence-corrected chi connectivity index (χ3v) is 4.68. The number of hydrogen-bond acceptors (Lipinski definition) is 4. The molecule has 0 fully saturated rings. The van der Waals surface area contributed by atoms with E-state index in [1.54, 1.807) is 38.4 Å². The summed E-state index contributed by atoms with van der Waals surface area (Å²) in [5.41, 5.74) is 2.17. The Balaban J connectivity index is 1.57. The second-order valence-electron chi connectivity index (χ2n) is 5.96. The molecule has 0 saturated carbocycles. The van der Waals surface area contributed by atoms with Gasteiger partial charge < -0.3 is 10.2 Å². The zero-order valence-electron chi connectivity index (χ0n) is 14.6. The van der Waals surface area contributed by atoms with E-state index in [0.29, 0.717) is 11.3 Å². The third-order valence-electron chi connectivity index (χ3n) is 3.75. The molecule has 1 aromatic heterocycles. The van der Waals surface area contributed by atoms with Crippen LogP contribution in [0.1, 0.15) is 10.4 Å². The highest BCUT2D eigenvalue weighted by Crippen LogP contribution is 2.20. The van der Waals surface area contributed by atoms with Gasteiger partial charge in [0.05, 0.1) is 16.3 Å². The number of fused-ring (bicyclic) bond motifs is 1. The van der Waals surface area contributed by atoms with Gasteiger partial charge in [-0.1, -0.05) is 36.0 Å². The number of rotatable bonds is 5. The highest BCUT2D eigenvalue weighted by atomic mass is 32.2. The van der Waals surface area contributed by atoms with Gasteiger partial charge in [0.1, 0.15) is 0 Å². The first-order valence-corrected chi connectivity index (χ1v) is 9.11. The minimum absolute atomic E-state index is 0.0687. The summed E-state index contributed by atoms with van der Waals surface area (Å²) in [6.45, 7) is 0. The average molecular weight is 365 g/mol. The minimum Gasteiger partial charge on any atom is -0.345 e. The maximum Gasteiger partial charge on any atom is 0.253 e. The molecule has 0 aliphatic rings. The Bertz CT molecular complexity index is 939. The van der Waals surface area contributed by atoms with Crippen molar-refractivity contribution in [1.82, 2.24) is 9.88 Å². The molecule has 0 aliphatic carbocycles. The number of carbonyl (C=O) groups is 2. The lowest BCUT2D eigenvalue weighted by Crippen LogP contribution is -2.21. The fourth-order valence-corrected chi connectivity index (χ4v) is 3.10. The number of amides is 2. The molecule has 0 bridgehead atoms. The predicted molar refractivity (Wildman–Crippen MR) is 106 cm³/mol. The van der Waals surface area contributed by atoms with Crippen LogP contribution in [0.25, 0.3) is 10.9 Å². The number of para-hydroxylation sites is 1. The van der Waals surface area contributed by atoms with Crippen molar-refractivity contribution in [2.75, 3.05) is 25.2 Å². The van der Waals surface area contributed by atoms with Gasteiger partial charge in [0.15, 0.2) is 0 Å². The van der Waals surface area contributed by atoms with E-state index in [-0.39, 0.29) is 17.6 Å². The molecule has 2 aromatic carbocycles. The number of hydrogen-bond donors (Lipinski definition) is 1. The van der Waals surface area contributed by atoms with Crippen LogP contribution in [-0.4, -0.2) is 41.5 Å². The van der Waals surface area contributed by atoms with Crippen molar-refractivity contribution in [3.8, 4) is 0 Å². The summed E-state index contributed by atoms with van der Waals surface area (Å²) in [6, 6.07) is 18.7. The molecule has 3 aromatic rings. The summed E-state index contributed by atoms with van der Waals surface area (Å²) >= 11 is 1.39. The molecule has 0 atom stereocenters. The molecule has 3 rings (SSSR count). The van der Waals surface area contributed by atoms with Crippen molar-refractivity contribution < 1.29 is 9.59 Å². The second kappa shape index (κ2) is 8.01. The zero-order valence-corrected chi connectivity index (χ0v) is 15.4. The molecule has 0 unspecified atom stereocenters. The van der Waals surface area contributed by atoms with E-state index in [4.69, 9.17) is 0 Å². The Kier molecular flexibility index (Phi) is 5.53. The standard InChI is InChI=1S/C20H19N3O2S/c1-23(2)20(25)15-7-10-16(11-8-15)21-18(24)13-26-19-12-9-14-5-3-4-6-17(14)22-19/h3-12H,13H2,1-2H3,(H,21,24). The maximum atomic E-state index is 12.1. The van der Waals surface area contributed by atoms with Crippen LogP contribution < -0.4 is 5.32 Å². The van der Waals surface area contributed by atoms with Crippen molar-refractivity contribution in [2.24, 2.45) is 0 Å². The Morgan fingerprint density at radius 3 is 2.46 bits per heavy atom. The smallest absolute Gasteiger partial charge is 0.253 e. The molecule has 1 heterocycles. The van der Waals surface area contributed by atoms with Crippen LogP contribution in [-0.2, 0) is 4.79 Å². The lowest BCUT2D eigenvalue weighted by atomic mass is 10.2. The summed E-state index contributed by atoms with van der Waals surface area (Å²) in [5, 5.41) is 4.72. The van der Waals surface area contributed by atoms with E-state index in [9.17, 15) is 9.59 Å². The van der Waals surface area contributed by atoms with Gasteiger partial charge in [-0.2, -0.15) is 0 Å². The highest BCUT2D eigenvalue weighted by molar-refractivity contribution is 7.99. The van der Waals surface area contributed by atoms with Gasteiger partial charge in [0.25, 0.3) is 5.91 Å². The Hall–Kier alpha value is -2.86. The zero-order chi connectivity index (χ0) is 18.5. The largest absolute Gasteiger partial charge is 0.345 e. The van der Waals surface area contributed by atoms with E-state index < -0.39 is 0 Å². The molecule has 6 heteroatoms. The van der Waals surface area contributed by atoms with E-state index in [2.05, 4.69) is 10.3 Å². The van der Waals surface area contributed by atoms with Crippen LogP contribution in [0.4, 0.5) is 5.69 Å². The molecule has 0 saturated heterocycles. The first-order chi connectivity index (χ1) is 12.5. The molecule has 5 nitrogen and oxygen atoms in total. The highest BCUT2D eigenvalue weighted by Gasteiger charge is 2.09. The van der Waals surface area contributed by atoms with Crippen LogP contribution in [0.15, 0.2) is 65.7 Å². The molecule has 0 aliphatic heterocycles. The van der Waals surface area contributed by atoms with Gasteiger partial charge in [0.2, 0.25) is 5.91 Å². The van der Waals surface area contributed by atoms with Crippen molar-refractivity contribution in [3.63, 3.8) is 0 Å². The Morgan fingerprint density at radius 2 is 1.73 bits per heavy atom. The van der Waals surface area contributed by atoms with Gasteiger partial charge in [0, 0.05) is 30.7 Å². The fraction of sp³-hybridized carbons (Fsp3) is 0.150. The minimum atomic E-state index is -0.114. The van der Waals surface area contributed by atoms with E-state index in [1.165, 1.54) is 16.7 Å². The Morgan fingerprint density at radius 1 is 1.00 bits per heavy atom. The van der Waals surface area contributed by atoms with Gasteiger partial charge >= 0.3 is 0 Å². The van der Waals surface area contributed by atoms with Gasteiger partial charge in [-0.25, -0.2) is 4.98 Å². The number of nitrogens with one attached hydrogen (secondary N) is 1. The van der Waals surface area contributed by atoms with Crippen LogP contribution >= 0.6 is 11.8 Å². The normalized spacial score (nSPS) is 10.5. The third kappa shape index (κ3) is 4.40. The number of thioether (sulfide) groups is 1. The summed E-state index contributed by atoms with van der Waals surface area (Å²) in [5.74, 6) is 0.0847. The molecule has 0 spiro atoms. The number of anilines is 1. The molecular formula is C20H19N3O2S. The quantitative estimate of drug-likeness (QED) is 0.701. The number of carbonyl (C=O) groups excluding carboxylic acids is 2. The topological polar surface area (TPSA) is 62.3 Å². The van der Waals surface area contributed by atoms with Crippen molar-refractivity contribution >= 4 is 40.2 Å².